The van der Waals surface area contributed by atoms with Gasteiger partial charge < -0.3 is 16.0 Å². The van der Waals surface area contributed by atoms with E-state index < -0.39 is 0 Å². The van der Waals surface area contributed by atoms with Crippen LogP contribution >= 0.6 is 0 Å². The molecule has 1 atom stereocenters. The number of hydrogen-bond donors (Lipinski definition) is 3. The average Bonchev–Trinajstić information content (AvgIpc) is 2.67. The number of aryl methyl sites for hydroxylation is 1. The maximum atomic E-state index is 13.0. The summed E-state index contributed by atoms with van der Waals surface area (Å²) in [7, 11) is 0. The number of rotatable bonds is 5. The van der Waals surface area contributed by atoms with E-state index in [1.54, 1.807) is 6.07 Å². The first-order valence-electron chi connectivity index (χ1n) is 9.93. The van der Waals surface area contributed by atoms with Crippen molar-refractivity contribution < 1.29 is 9.59 Å². The fourth-order valence-corrected chi connectivity index (χ4v) is 3.64. The van der Waals surface area contributed by atoms with Gasteiger partial charge in [0.2, 0.25) is 5.91 Å². The molecule has 29 heavy (non-hydrogen) atoms. The monoisotopic (exact) mass is 387 g/mol. The first kappa shape index (κ1) is 19.2. The normalized spacial score (nSPS) is 14.8. The van der Waals surface area contributed by atoms with Gasteiger partial charge in [-0.1, -0.05) is 48.5 Å². The number of fused-ring (bicyclic) bond motifs is 1. The van der Waals surface area contributed by atoms with Gasteiger partial charge in [0.25, 0.3) is 5.91 Å². The van der Waals surface area contributed by atoms with Gasteiger partial charge in [0, 0.05) is 24.3 Å². The molecule has 4 rings (SSSR count). The lowest BCUT2D eigenvalue weighted by Crippen LogP contribution is -2.48. The van der Waals surface area contributed by atoms with Crippen LogP contribution in [0.1, 0.15) is 34.5 Å². The summed E-state index contributed by atoms with van der Waals surface area (Å²) in [5, 5.41) is 11.4. The second-order valence-electron chi connectivity index (χ2n) is 7.64. The van der Waals surface area contributed by atoms with Crippen molar-refractivity contribution >= 4 is 28.3 Å². The highest BCUT2D eigenvalue weighted by atomic mass is 16.2. The molecule has 3 aromatic carbocycles. The molecule has 0 bridgehead atoms. The molecule has 148 valence electrons. The number of anilines is 1. The predicted molar refractivity (Wildman–Crippen MR) is 116 cm³/mol. The highest BCUT2D eigenvalue weighted by molar-refractivity contribution is 5.99. The molecule has 5 nitrogen and oxygen atoms in total. The average molecular weight is 387 g/mol. The van der Waals surface area contributed by atoms with Crippen LogP contribution in [0.2, 0.25) is 0 Å². The lowest BCUT2D eigenvalue weighted by molar-refractivity contribution is -0.121. The van der Waals surface area contributed by atoms with Crippen LogP contribution in [-0.2, 0) is 4.79 Å². The zero-order valence-electron chi connectivity index (χ0n) is 16.7. The minimum atomic E-state index is -0.149. The third-order valence-corrected chi connectivity index (χ3v) is 5.54. The van der Waals surface area contributed by atoms with Crippen molar-refractivity contribution in [3.8, 4) is 0 Å². The molecule has 0 spiro atoms. The lowest BCUT2D eigenvalue weighted by atomic mass is 9.99. The van der Waals surface area contributed by atoms with Crippen molar-refractivity contribution in [2.75, 3.05) is 18.4 Å². The van der Waals surface area contributed by atoms with E-state index in [4.69, 9.17) is 0 Å². The number of benzene rings is 3. The van der Waals surface area contributed by atoms with E-state index in [-0.39, 0.29) is 23.8 Å². The van der Waals surface area contributed by atoms with Crippen LogP contribution in [0.4, 0.5) is 5.69 Å². The van der Waals surface area contributed by atoms with Gasteiger partial charge in [0.15, 0.2) is 0 Å². The molecule has 0 aromatic heterocycles. The van der Waals surface area contributed by atoms with Crippen LogP contribution in [0, 0.1) is 12.8 Å². The molecule has 0 aliphatic carbocycles. The minimum absolute atomic E-state index is 0.0000338. The quantitative estimate of drug-likeness (QED) is 0.624. The van der Waals surface area contributed by atoms with Crippen molar-refractivity contribution in [1.29, 1.82) is 0 Å². The van der Waals surface area contributed by atoms with Gasteiger partial charge in [-0.25, -0.2) is 0 Å². The van der Waals surface area contributed by atoms with Gasteiger partial charge >= 0.3 is 0 Å². The van der Waals surface area contributed by atoms with Gasteiger partial charge in [0.05, 0.1) is 12.0 Å². The first-order chi connectivity index (χ1) is 14.0. The molecule has 3 N–H and O–H groups in total. The molecule has 0 saturated carbocycles. The van der Waals surface area contributed by atoms with E-state index in [9.17, 15) is 9.59 Å². The van der Waals surface area contributed by atoms with Crippen molar-refractivity contribution in [2.45, 2.75) is 19.9 Å². The van der Waals surface area contributed by atoms with E-state index in [0.717, 1.165) is 21.9 Å². The zero-order valence-corrected chi connectivity index (χ0v) is 16.7. The third kappa shape index (κ3) is 4.00. The van der Waals surface area contributed by atoms with Gasteiger partial charge in [-0.15, -0.1) is 0 Å². The Bertz CT molecular complexity index is 1070. The van der Waals surface area contributed by atoms with Crippen LogP contribution in [0.5, 0.6) is 0 Å². The third-order valence-electron chi connectivity index (χ3n) is 5.54. The molecular weight excluding hydrogens is 362 g/mol. The Morgan fingerprint density at radius 2 is 1.79 bits per heavy atom. The Kier molecular flexibility index (Phi) is 5.32. The zero-order chi connectivity index (χ0) is 20.4. The Morgan fingerprint density at radius 1 is 1.03 bits per heavy atom. The molecule has 1 aliphatic heterocycles. The SMILES string of the molecule is Cc1ccc(NC(=O)C2CNC2)cc1C(=O)NC(C)c1cccc2ccccc12. The number of amides is 2. The molecule has 1 aliphatic rings. The largest absolute Gasteiger partial charge is 0.345 e. The first-order valence-corrected chi connectivity index (χ1v) is 9.93. The summed E-state index contributed by atoms with van der Waals surface area (Å²) in [5.41, 5.74) is 3.17. The Morgan fingerprint density at radius 3 is 2.55 bits per heavy atom. The molecule has 5 heteroatoms. The highest BCUT2D eigenvalue weighted by Gasteiger charge is 2.25. The molecule has 1 saturated heterocycles. The predicted octanol–water partition coefficient (Wildman–Crippen LogP) is 3.80. The van der Waals surface area contributed by atoms with Crippen LogP contribution < -0.4 is 16.0 Å². The van der Waals surface area contributed by atoms with Crippen molar-refractivity contribution in [3.63, 3.8) is 0 Å². The molecule has 1 unspecified atom stereocenters. The maximum Gasteiger partial charge on any atom is 0.252 e. The minimum Gasteiger partial charge on any atom is -0.345 e. The smallest absolute Gasteiger partial charge is 0.252 e. The van der Waals surface area contributed by atoms with Crippen LogP contribution in [0.15, 0.2) is 60.7 Å². The topological polar surface area (TPSA) is 70.2 Å². The number of nitrogens with one attached hydrogen (secondary N) is 3. The van der Waals surface area contributed by atoms with Gasteiger partial charge in [0.1, 0.15) is 0 Å². The lowest BCUT2D eigenvalue weighted by Gasteiger charge is -2.26. The standard InChI is InChI=1S/C24H25N3O2/c1-15-10-11-19(27-23(28)18-13-25-14-18)12-22(15)24(29)26-16(2)20-9-5-7-17-6-3-4-8-21(17)20/h3-12,16,18,25H,13-14H2,1-2H3,(H,26,29)(H,27,28). The molecular formula is C24H25N3O2. The van der Waals surface area contributed by atoms with Gasteiger partial charge in [-0.05, 0) is 47.9 Å². The molecule has 0 radical (unpaired) electrons. The Hall–Kier alpha value is -3.18. The van der Waals surface area contributed by atoms with Crippen molar-refractivity contribution in [3.05, 3.63) is 77.4 Å². The molecule has 1 heterocycles. The van der Waals surface area contributed by atoms with Gasteiger partial charge in [-0.2, -0.15) is 0 Å². The van der Waals surface area contributed by atoms with E-state index >= 15 is 0 Å². The van der Waals surface area contributed by atoms with Crippen molar-refractivity contribution in [1.82, 2.24) is 10.6 Å². The number of carbonyl (C=O) groups excluding carboxylic acids is 2. The summed E-state index contributed by atoms with van der Waals surface area (Å²) >= 11 is 0. The highest BCUT2D eigenvalue weighted by Crippen LogP contribution is 2.25. The number of carbonyl (C=O) groups is 2. The summed E-state index contributed by atoms with van der Waals surface area (Å²) < 4.78 is 0. The fraction of sp³-hybridized carbons (Fsp3) is 0.250. The summed E-state index contributed by atoms with van der Waals surface area (Å²) in [6, 6.07) is 19.6. The maximum absolute atomic E-state index is 13.0. The van der Waals surface area contributed by atoms with E-state index in [1.165, 1.54) is 0 Å². The van der Waals surface area contributed by atoms with Crippen LogP contribution in [0.25, 0.3) is 10.8 Å². The summed E-state index contributed by atoms with van der Waals surface area (Å²) in [4.78, 5) is 25.2. The number of hydrogen-bond acceptors (Lipinski definition) is 3. The summed E-state index contributed by atoms with van der Waals surface area (Å²) in [6.07, 6.45) is 0. The summed E-state index contributed by atoms with van der Waals surface area (Å²) in [5.74, 6) is -0.160. The van der Waals surface area contributed by atoms with Crippen molar-refractivity contribution in [2.24, 2.45) is 5.92 Å². The van der Waals surface area contributed by atoms with E-state index in [2.05, 4.69) is 34.1 Å². The molecule has 3 aromatic rings. The second kappa shape index (κ2) is 8.05. The van der Waals surface area contributed by atoms with Gasteiger partial charge in [-0.3, -0.25) is 9.59 Å². The second-order valence-corrected chi connectivity index (χ2v) is 7.64. The summed E-state index contributed by atoms with van der Waals surface area (Å²) in [6.45, 7) is 5.30. The van der Waals surface area contributed by atoms with Crippen LogP contribution in [-0.4, -0.2) is 24.9 Å². The van der Waals surface area contributed by atoms with E-state index in [1.807, 2.05) is 50.2 Å². The van der Waals surface area contributed by atoms with Crippen LogP contribution in [0.3, 0.4) is 0 Å². The van der Waals surface area contributed by atoms with E-state index in [0.29, 0.717) is 24.3 Å². The molecule has 1 fully saturated rings. The fourth-order valence-electron chi connectivity index (χ4n) is 3.64. The Labute approximate surface area is 170 Å². The molecule has 2 amide bonds. The Balaban J connectivity index is 1.53.